The summed E-state index contributed by atoms with van der Waals surface area (Å²) in [7, 11) is -1.86. The molecule has 1 atom stereocenters. The SMILES string of the molecule is CC(C)C1OC(=O)c2c1oc1c(Cl)cc(C(=O)NCCO[Si](C)(C)C(C)(C)C)cc21. The van der Waals surface area contributed by atoms with E-state index in [4.69, 9.17) is 25.2 Å². The largest absolute Gasteiger partial charge is 0.455 e. The summed E-state index contributed by atoms with van der Waals surface area (Å²) in [6, 6.07) is 3.19. The Hall–Kier alpha value is -1.83. The Kier molecular flexibility index (Phi) is 6.10. The first-order valence-electron chi connectivity index (χ1n) is 10.2. The van der Waals surface area contributed by atoms with Gasteiger partial charge in [-0.25, -0.2) is 4.79 Å². The number of hydrogen-bond donors (Lipinski definition) is 1. The number of nitrogens with one attached hydrogen (secondary N) is 1. The highest BCUT2D eigenvalue weighted by Gasteiger charge is 2.40. The molecule has 1 aromatic carbocycles. The maximum atomic E-state index is 12.7. The first kappa shape index (κ1) is 22.8. The molecule has 6 nitrogen and oxygen atoms in total. The molecule has 1 unspecified atom stereocenters. The quantitative estimate of drug-likeness (QED) is 0.346. The van der Waals surface area contributed by atoms with Gasteiger partial charge >= 0.3 is 5.97 Å². The normalized spacial score (nSPS) is 16.8. The fraction of sp³-hybridized carbons (Fsp3) is 0.545. The molecule has 0 radical (unpaired) electrons. The predicted octanol–water partition coefficient (Wildman–Crippen LogP) is 5.71. The number of ether oxygens (including phenoxy) is 1. The number of benzene rings is 1. The van der Waals surface area contributed by atoms with E-state index in [0.717, 1.165) is 0 Å². The summed E-state index contributed by atoms with van der Waals surface area (Å²) in [5, 5.41) is 3.78. The number of cyclic esters (lactones) is 1. The molecule has 3 rings (SSSR count). The second-order valence-electron chi connectivity index (χ2n) is 9.61. The Morgan fingerprint density at radius 1 is 1.30 bits per heavy atom. The number of fused-ring (bicyclic) bond motifs is 3. The van der Waals surface area contributed by atoms with Crippen LogP contribution in [0.25, 0.3) is 11.0 Å². The Labute approximate surface area is 183 Å². The number of amides is 1. The molecule has 1 aliphatic heterocycles. The van der Waals surface area contributed by atoms with Crippen LogP contribution in [0.3, 0.4) is 0 Å². The number of carbonyl (C=O) groups excluding carboxylic acids is 2. The molecule has 0 aliphatic carbocycles. The van der Waals surface area contributed by atoms with Crippen molar-refractivity contribution in [3.63, 3.8) is 0 Å². The first-order chi connectivity index (χ1) is 13.8. The van der Waals surface area contributed by atoms with E-state index >= 15 is 0 Å². The van der Waals surface area contributed by atoms with Crippen molar-refractivity contribution in [2.24, 2.45) is 5.92 Å². The van der Waals surface area contributed by atoms with Crippen molar-refractivity contribution in [1.82, 2.24) is 5.32 Å². The lowest BCUT2D eigenvalue weighted by atomic mass is 10.0. The standard InChI is InChI=1S/C22H30ClNO5Si/c1-12(2)17-19-16(21(26)29-17)14-10-13(11-15(23)18(14)28-19)20(25)24-8-9-27-30(6,7)22(3,4)5/h10-12,17H,8-9H2,1-7H3,(H,24,25). The van der Waals surface area contributed by atoms with Gasteiger partial charge in [0.25, 0.3) is 5.91 Å². The van der Waals surface area contributed by atoms with Crippen LogP contribution in [-0.2, 0) is 9.16 Å². The lowest BCUT2D eigenvalue weighted by Gasteiger charge is -2.36. The molecule has 1 aromatic heterocycles. The minimum absolute atomic E-state index is 0.0678. The highest BCUT2D eigenvalue weighted by molar-refractivity contribution is 6.74. The van der Waals surface area contributed by atoms with E-state index in [-0.39, 0.29) is 16.9 Å². The van der Waals surface area contributed by atoms with Crippen molar-refractivity contribution in [3.05, 3.63) is 34.0 Å². The van der Waals surface area contributed by atoms with Crippen molar-refractivity contribution in [2.45, 2.75) is 58.9 Å². The highest BCUT2D eigenvalue weighted by atomic mass is 35.5. The molecule has 30 heavy (non-hydrogen) atoms. The molecule has 1 amide bonds. The molecule has 0 saturated heterocycles. The van der Waals surface area contributed by atoms with E-state index in [0.29, 0.717) is 46.0 Å². The summed E-state index contributed by atoms with van der Waals surface area (Å²) in [6.07, 6.45) is -0.444. The number of carbonyl (C=O) groups is 2. The number of halogens is 1. The van der Waals surface area contributed by atoms with Gasteiger partial charge in [0.05, 0.1) is 11.6 Å². The van der Waals surface area contributed by atoms with Crippen LogP contribution in [0.15, 0.2) is 16.5 Å². The van der Waals surface area contributed by atoms with Gasteiger partial charge in [-0.1, -0.05) is 46.2 Å². The van der Waals surface area contributed by atoms with E-state index in [1.807, 2.05) is 13.8 Å². The van der Waals surface area contributed by atoms with Gasteiger partial charge in [0.15, 0.2) is 25.8 Å². The topological polar surface area (TPSA) is 77.8 Å². The van der Waals surface area contributed by atoms with Crippen molar-refractivity contribution in [2.75, 3.05) is 13.2 Å². The van der Waals surface area contributed by atoms with E-state index in [2.05, 4.69) is 39.2 Å². The molecule has 0 bridgehead atoms. The monoisotopic (exact) mass is 451 g/mol. The molecule has 0 fully saturated rings. The molecular formula is C22H30ClNO5Si. The van der Waals surface area contributed by atoms with E-state index < -0.39 is 20.4 Å². The summed E-state index contributed by atoms with van der Waals surface area (Å²) >= 11 is 6.37. The summed E-state index contributed by atoms with van der Waals surface area (Å²) < 4.78 is 17.4. The van der Waals surface area contributed by atoms with Gasteiger partial charge in [-0.3, -0.25) is 4.79 Å². The maximum Gasteiger partial charge on any atom is 0.343 e. The van der Waals surface area contributed by atoms with E-state index in [9.17, 15) is 9.59 Å². The van der Waals surface area contributed by atoms with Crippen LogP contribution in [0, 0.1) is 5.92 Å². The highest BCUT2D eigenvalue weighted by Crippen LogP contribution is 2.43. The zero-order valence-electron chi connectivity index (χ0n) is 18.6. The van der Waals surface area contributed by atoms with Gasteiger partial charge in [-0.15, -0.1) is 0 Å². The third kappa shape index (κ3) is 4.15. The van der Waals surface area contributed by atoms with Gasteiger partial charge in [-0.2, -0.15) is 0 Å². The Balaban J connectivity index is 1.77. The third-order valence-corrected chi connectivity index (χ3v) is 10.8. The fourth-order valence-electron chi connectivity index (χ4n) is 3.17. The van der Waals surface area contributed by atoms with Crippen LogP contribution >= 0.6 is 11.6 Å². The van der Waals surface area contributed by atoms with Gasteiger partial charge < -0.3 is 18.9 Å². The van der Waals surface area contributed by atoms with Crippen LogP contribution in [0.2, 0.25) is 23.2 Å². The lowest BCUT2D eigenvalue weighted by Crippen LogP contribution is -2.42. The number of esters is 1. The molecule has 0 saturated carbocycles. The Morgan fingerprint density at radius 3 is 2.57 bits per heavy atom. The van der Waals surface area contributed by atoms with Crippen LogP contribution in [-0.4, -0.2) is 33.3 Å². The number of hydrogen-bond acceptors (Lipinski definition) is 5. The zero-order chi connectivity index (χ0) is 22.4. The van der Waals surface area contributed by atoms with E-state index in [1.54, 1.807) is 12.1 Å². The second kappa shape index (κ2) is 8.02. The number of furan rings is 1. The molecule has 8 heteroatoms. The average molecular weight is 452 g/mol. The molecule has 2 heterocycles. The Morgan fingerprint density at radius 2 is 1.97 bits per heavy atom. The second-order valence-corrected chi connectivity index (χ2v) is 14.8. The minimum atomic E-state index is -1.86. The van der Waals surface area contributed by atoms with Crippen molar-refractivity contribution >= 4 is 42.8 Å². The fourth-order valence-corrected chi connectivity index (χ4v) is 4.48. The molecular weight excluding hydrogens is 422 g/mol. The summed E-state index contributed by atoms with van der Waals surface area (Å²) in [5.41, 5.74) is 1.13. The summed E-state index contributed by atoms with van der Waals surface area (Å²) in [6.45, 7) is 15.6. The van der Waals surface area contributed by atoms with Crippen molar-refractivity contribution < 1.29 is 23.2 Å². The smallest absolute Gasteiger partial charge is 0.343 e. The van der Waals surface area contributed by atoms with Crippen LogP contribution in [0.4, 0.5) is 0 Å². The van der Waals surface area contributed by atoms with Gasteiger partial charge in [0.2, 0.25) is 0 Å². The van der Waals surface area contributed by atoms with Crippen LogP contribution in [0.5, 0.6) is 0 Å². The molecule has 164 valence electrons. The molecule has 0 spiro atoms. The summed E-state index contributed by atoms with van der Waals surface area (Å²) in [4.78, 5) is 25.1. The third-order valence-electron chi connectivity index (χ3n) is 5.99. The van der Waals surface area contributed by atoms with Crippen molar-refractivity contribution in [3.8, 4) is 0 Å². The summed E-state index contributed by atoms with van der Waals surface area (Å²) in [5.74, 6) is -0.177. The average Bonchev–Trinajstić information content (AvgIpc) is 3.16. The Bertz CT molecular complexity index is 990. The van der Waals surface area contributed by atoms with Crippen molar-refractivity contribution in [1.29, 1.82) is 0 Å². The van der Waals surface area contributed by atoms with Gasteiger partial charge in [0, 0.05) is 17.5 Å². The van der Waals surface area contributed by atoms with Crippen LogP contribution in [0.1, 0.15) is 67.2 Å². The molecule has 2 aromatic rings. The minimum Gasteiger partial charge on any atom is -0.455 e. The first-order valence-corrected chi connectivity index (χ1v) is 13.5. The zero-order valence-corrected chi connectivity index (χ0v) is 20.4. The number of rotatable bonds is 6. The van der Waals surface area contributed by atoms with E-state index in [1.165, 1.54) is 0 Å². The molecule has 1 N–H and O–H groups in total. The molecule has 1 aliphatic rings. The maximum absolute atomic E-state index is 12.7. The van der Waals surface area contributed by atoms with Crippen LogP contribution < -0.4 is 5.32 Å². The van der Waals surface area contributed by atoms with Gasteiger partial charge in [-0.05, 0) is 36.2 Å². The predicted molar refractivity (Wildman–Crippen MR) is 120 cm³/mol. The van der Waals surface area contributed by atoms with Gasteiger partial charge in [0.1, 0.15) is 5.56 Å². The lowest BCUT2D eigenvalue weighted by molar-refractivity contribution is 0.0238.